The molecule has 0 bridgehead atoms. The summed E-state index contributed by atoms with van der Waals surface area (Å²) in [6.07, 6.45) is 4.78. The summed E-state index contributed by atoms with van der Waals surface area (Å²) in [4.78, 5) is 5.34. The number of benzene rings is 1. The normalized spacial score (nSPS) is 11.3. The first-order chi connectivity index (χ1) is 13.8. The van der Waals surface area contributed by atoms with Gasteiger partial charge in [-0.25, -0.2) is 4.39 Å². The van der Waals surface area contributed by atoms with Gasteiger partial charge in [-0.1, -0.05) is 6.07 Å². The van der Waals surface area contributed by atoms with E-state index in [0.717, 1.165) is 60.4 Å². The average Bonchev–Trinajstić information content (AvgIpc) is 3.14. The van der Waals surface area contributed by atoms with Gasteiger partial charge in [-0.05, 0) is 55.0 Å². The number of guanidine groups is 1. The van der Waals surface area contributed by atoms with Gasteiger partial charge in [0.25, 0.3) is 0 Å². The summed E-state index contributed by atoms with van der Waals surface area (Å²) in [7, 11) is 1.77. The number of aliphatic imine (C=N–C) groups is 1. The highest BCUT2D eigenvalue weighted by Crippen LogP contribution is 2.18. The summed E-state index contributed by atoms with van der Waals surface area (Å²) in [5.74, 6) is 2.55. The molecule has 2 N–H and O–H groups in total. The van der Waals surface area contributed by atoms with Crippen molar-refractivity contribution in [2.24, 2.45) is 4.99 Å². The largest absolute Gasteiger partial charge is 0.356 e. The van der Waals surface area contributed by atoms with Crippen LogP contribution in [-0.4, -0.2) is 46.4 Å². The standard InChI is InChI=1S/C20H25FN6S.HI/c1-22-20(24-13-5-15-28-17-10-8-16(21)9-11-17)23-12-4-7-19-26-25-18-6-2-3-14-27(18)19;/h2-3,6,8-11,14H,4-5,7,12-13,15H2,1H3,(H2,22,23,24);1H. The quantitative estimate of drug-likeness (QED) is 0.146. The lowest BCUT2D eigenvalue weighted by atomic mass is 10.3. The van der Waals surface area contributed by atoms with Crippen molar-refractivity contribution < 1.29 is 4.39 Å². The van der Waals surface area contributed by atoms with E-state index in [4.69, 9.17) is 0 Å². The molecule has 3 rings (SSSR count). The molecule has 0 saturated heterocycles. The highest BCUT2D eigenvalue weighted by molar-refractivity contribution is 14.0. The summed E-state index contributed by atoms with van der Waals surface area (Å²) < 4.78 is 14.9. The lowest BCUT2D eigenvalue weighted by Crippen LogP contribution is -2.38. The number of hydrogen-bond acceptors (Lipinski definition) is 4. The molecule has 2 aromatic heterocycles. The Kier molecular flexibility index (Phi) is 10.2. The van der Waals surface area contributed by atoms with Gasteiger partial charge >= 0.3 is 0 Å². The fraction of sp³-hybridized carbons (Fsp3) is 0.350. The Morgan fingerprint density at radius 3 is 2.59 bits per heavy atom. The first kappa shape index (κ1) is 23.4. The lowest BCUT2D eigenvalue weighted by molar-refractivity contribution is 0.626. The Morgan fingerprint density at radius 1 is 1.07 bits per heavy atom. The van der Waals surface area contributed by atoms with Crippen molar-refractivity contribution in [3.8, 4) is 0 Å². The van der Waals surface area contributed by atoms with Crippen LogP contribution in [0.4, 0.5) is 4.39 Å². The zero-order valence-electron chi connectivity index (χ0n) is 16.3. The van der Waals surface area contributed by atoms with Crippen LogP contribution in [0.3, 0.4) is 0 Å². The van der Waals surface area contributed by atoms with Crippen LogP contribution >= 0.6 is 35.7 Å². The fourth-order valence-electron chi connectivity index (χ4n) is 2.74. The molecule has 0 aliphatic heterocycles. The number of aryl methyl sites for hydroxylation is 1. The van der Waals surface area contributed by atoms with Crippen molar-refractivity contribution in [3.63, 3.8) is 0 Å². The van der Waals surface area contributed by atoms with Crippen molar-refractivity contribution in [1.29, 1.82) is 0 Å². The SMILES string of the molecule is CN=C(NCCCSc1ccc(F)cc1)NCCCc1nnc2ccccn12.I. The number of fused-ring (bicyclic) bond motifs is 1. The van der Waals surface area contributed by atoms with Gasteiger partial charge in [0.2, 0.25) is 0 Å². The number of rotatable bonds is 9. The molecule has 0 atom stereocenters. The van der Waals surface area contributed by atoms with Crippen LogP contribution in [0, 0.1) is 5.82 Å². The summed E-state index contributed by atoms with van der Waals surface area (Å²) >= 11 is 1.73. The maximum absolute atomic E-state index is 12.9. The third-order valence-electron chi connectivity index (χ3n) is 4.17. The molecule has 9 heteroatoms. The van der Waals surface area contributed by atoms with Crippen LogP contribution in [0.1, 0.15) is 18.7 Å². The van der Waals surface area contributed by atoms with Crippen molar-refractivity contribution >= 4 is 47.3 Å². The van der Waals surface area contributed by atoms with E-state index in [-0.39, 0.29) is 29.8 Å². The number of aromatic nitrogens is 3. The molecule has 0 unspecified atom stereocenters. The molecular weight excluding hydrogens is 502 g/mol. The number of nitrogens with one attached hydrogen (secondary N) is 2. The summed E-state index contributed by atoms with van der Waals surface area (Å²) in [6.45, 7) is 1.65. The smallest absolute Gasteiger partial charge is 0.190 e. The third-order valence-corrected chi connectivity index (χ3v) is 5.27. The number of nitrogens with zero attached hydrogens (tertiary/aromatic N) is 4. The predicted octanol–water partition coefficient (Wildman–Crippen LogP) is 3.77. The van der Waals surface area contributed by atoms with Gasteiger partial charge in [0, 0.05) is 37.7 Å². The molecule has 1 aromatic carbocycles. The number of thioether (sulfide) groups is 1. The van der Waals surface area contributed by atoms with Gasteiger partial charge in [-0.3, -0.25) is 9.39 Å². The zero-order chi connectivity index (χ0) is 19.6. The van der Waals surface area contributed by atoms with E-state index in [0.29, 0.717) is 0 Å². The van der Waals surface area contributed by atoms with Gasteiger partial charge in [0.05, 0.1) is 0 Å². The average molecular weight is 528 g/mol. The number of hydrogen-bond donors (Lipinski definition) is 2. The summed E-state index contributed by atoms with van der Waals surface area (Å²) in [6, 6.07) is 12.5. The predicted molar refractivity (Wildman–Crippen MR) is 128 cm³/mol. The van der Waals surface area contributed by atoms with E-state index >= 15 is 0 Å². The molecule has 0 amide bonds. The van der Waals surface area contributed by atoms with E-state index < -0.39 is 0 Å². The van der Waals surface area contributed by atoms with E-state index in [1.54, 1.807) is 18.8 Å². The van der Waals surface area contributed by atoms with Crippen molar-refractivity contribution in [3.05, 3.63) is 60.3 Å². The molecule has 0 spiro atoms. The Labute approximate surface area is 191 Å². The highest BCUT2D eigenvalue weighted by atomic mass is 127. The molecule has 0 radical (unpaired) electrons. The molecule has 0 aliphatic carbocycles. The lowest BCUT2D eigenvalue weighted by Gasteiger charge is -2.11. The highest BCUT2D eigenvalue weighted by Gasteiger charge is 2.04. The van der Waals surface area contributed by atoms with E-state index in [9.17, 15) is 4.39 Å². The minimum Gasteiger partial charge on any atom is -0.356 e. The van der Waals surface area contributed by atoms with Crippen LogP contribution in [0.25, 0.3) is 5.65 Å². The molecule has 2 heterocycles. The van der Waals surface area contributed by atoms with Crippen molar-refractivity contribution in [1.82, 2.24) is 25.2 Å². The molecule has 3 aromatic rings. The maximum atomic E-state index is 12.9. The number of halogens is 2. The minimum absolute atomic E-state index is 0. The number of pyridine rings is 1. The van der Waals surface area contributed by atoms with Crippen LogP contribution in [0.2, 0.25) is 0 Å². The van der Waals surface area contributed by atoms with E-state index in [1.807, 2.05) is 40.9 Å². The maximum Gasteiger partial charge on any atom is 0.190 e. The molecule has 156 valence electrons. The van der Waals surface area contributed by atoms with Crippen LogP contribution < -0.4 is 10.6 Å². The monoisotopic (exact) mass is 528 g/mol. The second kappa shape index (κ2) is 12.6. The summed E-state index contributed by atoms with van der Waals surface area (Å²) in [5.41, 5.74) is 0.876. The van der Waals surface area contributed by atoms with Crippen LogP contribution in [-0.2, 0) is 6.42 Å². The molecule has 0 saturated carbocycles. The minimum atomic E-state index is -0.196. The van der Waals surface area contributed by atoms with Gasteiger partial charge in [0.15, 0.2) is 11.6 Å². The van der Waals surface area contributed by atoms with Crippen molar-refractivity contribution in [2.75, 3.05) is 25.9 Å². The van der Waals surface area contributed by atoms with Crippen LogP contribution in [0.15, 0.2) is 58.5 Å². The first-order valence-corrected chi connectivity index (χ1v) is 10.4. The second-order valence-corrected chi connectivity index (χ2v) is 7.40. The third kappa shape index (κ3) is 7.46. The summed E-state index contributed by atoms with van der Waals surface area (Å²) in [5, 5.41) is 15.1. The van der Waals surface area contributed by atoms with E-state index in [1.165, 1.54) is 12.1 Å². The molecule has 6 nitrogen and oxygen atoms in total. The fourth-order valence-corrected chi connectivity index (χ4v) is 3.59. The van der Waals surface area contributed by atoms with Crippen LogP contribution in [0.5, 0.6) is 0 Å². The molecule has 0 fully saturated rings. The topological polar surface area (TPSA) is 66.6 Å². The molecular formula is C20H26FIN6S. The second-order valence-electron chi connectivity index (χ2n) is 6.23. The Bertz CT molecular complexity index is 899. The van der Waals surface area contributed by atoms with E-state index in [2.05, 4.69) is 25.8 Å². The first-order valence-electron chi connectivity index (χ1n) is 9.38. The molecule has 0 aliphatic rings. The van der Waals surface area contributed by atoms with Gasteiger partial charge < -0.3 is 10.6 Å². The Morgan fingerprint density at radius 2 is 1.83 bits per heavy atom. The Balaban J connectivity index is 0.00000300. The van der Waals surface area contributed by atoms with Crippen molar-refractivity contribution in [2.45, 2.75) is 24.2 Å². The van der Waals surface area contributed by atoms with Gasteiger partial charge in [0.1, 0.15) is 11.6 Å². The van der Waals surface area contributed by atoms with Gasteiger partial charge in [-0.2, -0.15) is 0 Å². The Hall–Kier alpha value is -1.88. The van der Waals surface area contributed by atoms with Gasteiger partial charge in [-0.15, -0.1) is 45.9 Å². The zero-order valence-corrected chi connectivity index (χ0v) is 19.5. The molecule has 29 heavy (non-hydrogen) atoms.